The molecule has 4 rings (SSSR count). The van der Waals surface area contributed by atoms with Crippen LogP contribution in [0.3, 0.4) is 0 Å². The highest BCUT2D eigenvalue weighted by Crippen LogP contribution is 2.19. The van der Waals surface area contributed by atoms with E-state index in [0.717, 1.165) is 35.8 Å². The number of hydrogen-bond acceptors (Lipinski definition) is 2. The Balaban J connectivity index is 1.35. The van der Waals surface area contributed by atoms with Gasteiger partial charge in [0.2, 0.25) is 0 Å². The molecule has 0 radical (unpaired) electrons. The number of para-hydroxylation sites is 2. The van der Waals surface area contributed by atoms with Crippen molar-refractivity contribution >= 4 is 27.9 Å². The lowest BCUT2D eigenvalue weighted by molar-refractivity contribution is 0.734. The van der Waals surface area contributed by atoms with E-state index in [1.165, 1.54) is 22.0 Å². The van der Waals surface area contributed by atoms with Crippen molar-refractivity contribution in [2.24, 2.45) is 12.0 Å². The van der Waals surface area contributed by atoms with Crippen LogP contribution < -0.4 is 10.6 Å². The molecular weight excluding hydrogens is 348 g/mol. The van der Waals surface area contributed by atoms with Crippen molar-refractivity contribution in [1.29, 1.82) is 0 Å². The molecule has 0 amide bonds. The van der Waals surface area contributed by atoms with E-state index in [0.29, 0.717) is 6.54 Å². The van der Waals surface area contributed by atoms with Crippen molar-refractivity contribution in [2.75, 3.05) is 13.6 Å². The first-order chi connectivity index (χ1) is 13.7. The number of aliphatic imine (C=N–C) groups is 1. The van der Waals surface area contributed by atoms with Gasteiger partial charge in [0, 0.05) is 37.7 Å². The number of aryl methyl sites for hydroxylation is 2. The van der Waals surface area contributed by atoms with Crippen LogP contribution >= 0.6 is 0 Å². The molecule has 28 heavy (non-hydrogen) atoms. The Bertz CT molecular complexity index is 1130. The van der Waals surface area contributed by atoms with Crippen LogP contribution in [0.25, 0.3) is 21.9 Å². The molecule has 0 atom stereocenters. The number of guanidine groups is 1. The van der Waals surface area contributed by atoms with Crippen LogP contribution in [-0.4, -0.2) is 34.1 Å². The van der Waals surface area contributed by atoms with E-state index >= 15 is 0 Å². The maximum absolute atomic E-state index is 4.69. The molecule has 2 aromatic carbocycles. The SMILES string of the molecule is CN=C(NCCc1c[nH]c2cc(C)ccc12)NCc1nc2ccccc2n1C. The Morgan fingerprint density at radius 2 is 2.04 bits per heavy atom. The number of rotatable bonds is 5. The Morgan fingerprint density at radius 3 is 2.86 bits per heavy atom. The van der Waals surface area contributed by atoms with E-state index < -0.39 is 0 Å². The quantitative estimate of drug-likeness (QED) is 0.371. The number of hydrogen-bond donors (Lipinski definition) is 3. The number of aromatic amines is 1. The van der Waals surface area contributed by atoms with Gasteiger partial charge >= 0.3 is 0 Å². The molecule has 144 valence electrons. The molecule has 0 fully saturated rings. The van der Waals surface area contributed by atoms with Crippen molar-refractivity contribution in [3.8, 4) is 0 Å². The average molecular weight is 374 g/mol. The minimum Gasteiger partial charge on any atom is -0.361 e. The van der Waals surface area contributed by atoms with E-state index in [1.54, 1.807) is 7.05 Å². The zero-order valence-corrected chi connectivity index (χ0v) is 16.6. The average Bonchev–Trinajstić information content (AvgIpc) is 3.25. The van der Waals surface area contributed by atoms with Gasteiger partial charge in [-0.2, -0.15) is 0 Å². The highest BCUT2D eigenvalue weighted by Gasteiger charge is 2.08. The molecule has 0 saturated heterocycles. The predicted molar refractivity (Wildman–Crippen MR) is 116 cm³/mol. The van der Waals surface area contributed by atoms with Gasteiger partial charge in [0.1, 0.15) is 5.82 Å². The number of H-pyrrole nitrogens is 1. The van der Waals surface area contributed by atoms with Crippen LogP contribution in [0.15, 0.2) is 53.7 Å². The summed E-state index contributed by atoms with van der Waals surface area (Å²) in [5, 5.41) is 8.04. The van der Waals surface area contributed by atoms with Gasteiger partial charge in [0.25, 0.3) is 0 Å². The summed E-state index contributed by atoms with van der Waals surface area (Å²) in [7, 11) is 3.83. The standard InChI is InChI=1S/C22H26N6/c1-15-8-9-17-16(13-25-19(17)12-15)10-11-24-22(23-2)26-14-21-27-18-6-4-5-7-20(18)28(21)3/h4-9,12-13,25H,10-11,14H2,1-3H3,(H2,23,24,26). The Morgan fingerprint density at radius 1 is 1.18 bits per heavy atom. The maximum Gasteiger partial charge on any atom is 0.191 e. The Hall–Kier alpha value is -3.28. The second-order valence-corrected chi connectivity index (χ2v) is 7.04. The highest BCUT2D eigenvalue weighted by atomic mass is 15.2. The Kier molecular flexibility index (Phi) is 5.02. The zero-order chi connectivity index (χ0) is 19.5. The minimum atomic E-state index is 0.622. The predicted octanol–water partition coefficient (Wildman–Crippen LogP) is 3.27. The molecule has 3 N–H and O–H groups in total. The fourth-order valence-corrected chi connectivity index (χ4v) is 3.56. The van der Waals surface area contributed by atoms with Gasteiger partial charge in [-0.1, -0.05) is 24.3 Å². The fraction of sp³-hybridized carbons (Fsp3) is 0.273. The van der Waals surface area contributed by atoms with E-state index in [4.69, 9.17) is 4.98 Å². The highest BCUT2D eigenvalue weighted by molar-refractivity contribution is 5.84. The largest absolute Gasteiger partial charge is 0.361 e. The van der Waals surface area contributed by atoms with Gasteiger partial charge in [-0.3, -0.25) is 4.99 Å². The molecule has 2 aromatic heterocycles. The zero-order valence-electron chi connectivity index (χ0n) is 16.6. The van der Waals surface area contributed by atoms with Crippen molar-refractivity contribution in [1.82, 2.24) is 25.2 Å². The Labute approximate surface area is 164 Å². The van der Waals surface area contributed by atoms with Crippen LogP contribution in [0.5, 0.6) is 0 Å². The topological polar surface area (TPSA) is 70.0 Å². The summed E-state index contributed by atoms with van der Waals surface area (Å²) in [4.78, 5) is 12.4. The number of nitrogens with one attached hydrogen (secondary N) is 3. The van der Waals surface area contributed by atoms with Crippen LogP contribution in [-0.2, 0) is 20.0 Å². The summed E-state index contributed by atoms with van der Waals surface area (Å²) in [5.41, 5.74) is 5.93. The molecule has 0 aliphatic rings. The molecule has 6 nitrogen and oxygen atoms in total. The number of imidazole rings is 1. The van der Waals surface area contributed by atoms with Crippen molar-refractivity contribution in [2.45, 2.75) is 19.9 Å². The summed E-state index contributed by atoms with van der Waals surface area (Å²) in [5.74, 6) is 1.76. The van der Waals surface area contributed by atoms with Crippen LogP contribution in [0, 0.1) is 6.92 Å². The number of nitrogens with zero attached hydrogens (tertiary/aromatic N) is 3. The van der Waals surface area contributed by atoms with Crippen molar-refractivity contribution in [3.05, 3.63) is 65.6 Å². The first-order valence-corrected chi connectivity index (χ1v) is 9.57. The first kappa shape index (κ1) is 18.1. The monoisotopic (exact) mass is 374 g/mol. The fourth-order valence-electron chi connectivity index (χ4n) is 3.56. The van der Waals surface area contributed by atoms with Gasteiger partial charge in [0.15, 0.2) is 5.96 Å². The molecule has 0 aliphatic heterocycles. The van der Waals surface area contributed by atoms with Crippen LogP contribution in [0.1, 0.15) is 17.0 Å². The molecule has 0 saturated carbocycles. The normalized spacial score (nSPS) is 12.0. The summed E-state index contributed by atoms with van der Waals surface area (Å²) < 4.78 is 2.11. The number of benzene rings is 2. The molecule has 0 aliphatic carbocycles. The summed E-state index contributed by atoms with van der Waals surface area (Å²) in [6.07, 6.45) is 3.03. The molecule has 0 unspecified atom stereocenters. The summed E-state index contributed by atoms with van der Waals surface area (Å²) in [6.45, 7) is 3.54. The number of aromatic nitrogens is 3. The molecule has 2 heterocycles. The van der Waals surface area contributed by atoms with E-state index in [-0.39, 0.29) is 0 Å². The summed E-state index contributed by atoms with van der Waals surface area (Å²) >= 11 is 0. The lowest BCUT2D eigenvalue weighted by Gasteiger charge is -2.11. The van der Waals surface area contributed by atoms with Gasteiger partial charge in [0.05, 0.1) is 17.6 Å². The lowest BCUT2D eigenvalue weighted by atomic mass is 10.1. The van der Waals surface area contributed by atoms with Crippen LogP contribution in [0.4, 0.5) is 0 Å². The smallest absolute Gasteiger partial charge is 0.191 e. The van der Waals surface area contributed by atoms with E-state index in [1.807, 2.05) is 25.2 Å². The summed E-state index contributed by atoms with van der Waals surface area (Å²) in [6, 6.07) is 14.7. The third-order valence-corrected chi connectivity index (χ3v) is 5.13. The third kappa shape index (κ3) is 3.58. The third-order valence-electron chi connectivity index (χ3n) is 5.13. The second-order valence-electron chi connectivity index (χ2n) is 7.04. The van der Waals surface area contributed by atoms with E-state index in [2.05, 4.69) is 62.6 Å². The van der Waals surface area contributed by atoms with E-state index in [9.17, 15) is 0 Å². The van der Waals surface area contributed by atoms with Crippen molar-refractivity contribution in [3.63, 3.8) is 0 Å². The number of fused-ring (bicyclic) bond motifs is 2. The molecule has 0 bridgehead atoms. The molecule has 0 spiro atoms. The molecule has 6 heteroatoms. The van der Waals surface area contributed by atoms with Gasteiger partial charge in [-0.25, -0.2) is 4.98 Å². The molecular formula is C22H26N6. The van der Waals surface area contributed by atoms with Crippen molar-refractivity contribution < 1.29 is 0 Å². The second kappa shape index (κ2) is 7.76. The van der Waals surface area contributed by atoms with Gasteiger partial charge in [-0.15, -0.1) is 0 Å². The first-order valence-electron chi connectivity index (χ1n) is 9.57. The van der Waals surface area contributed by atoms with Gasteiger partial charge < -0.3 is 20.2 Å². The lowest BCUT2D eigenvalue weighted by Crippen LogP contribution is -2.38. The van der Waals surface area contributed by atoms with Gasteiger partial charge in [-0.05, 0) is 42.7 Å². The minimum absolute atomic E-state index is 0.622. The maximum atomic E-state index is 4.69. The van der Waals surface area contributed by atoms with Crippen LogP contribution in [0.2, 0.25) is 0 Å². The molecule has 4 aromatic rings.